The van der Waals surface area contributed by atoms with Gasteiger partial charge in [0.05, 0.1) is 5.52 Å². The van der Waals surface area contributed by atoms with Gasteiger partial charge in [0.15, 0.2) is 0 Å². The molecule has 0 bridgehead atoms. The summed E-state index contributed by atoms with van der Waals surface area (Å²) in [5, 5.41) is 5.69. The third-order valence-electron chi connectivity index (χ3n) is 3.24. The van der Waals surface area contributed by atoms with Crippen LogP contribution in [0.4, 0.5) is 0 Å². The fourth-order valence-corrected chi connectivity index (χ4v) is 1.96. The summed E-state index contributed by atoms with van der Waals surface area (Å²) >= 11 is 0. The Labute approximate surface area is 88.9 Å². The zero-order chi connectivity index (χ0) is 10.5. The van der Waals surface area contributed by atoms with E-state index in [2.05, 4.69) is 36.4 Å². The third kappa shape index (κ3) is 1.35. The Kier molecular flexibility index (Phi) is 1.68. The average Bonchev–Trinajstić information content (AvgIpc) is 2.86. The topological polar surface area (TPSA) is 43.8 Å². The second-order valence-corrected chi connectivity index (χ2v) is 4.41. The van der Waals surface area contributed by atoms with Gasteiger partial charge in [-0.25, -0.2) is 0 Å². The number of hydrogen-bond donors (Lipinski definition) is 1. The number of hydrogen-bond acceptors (Lipinski definition) is 2. The predicted molar refractivity (Wildman–Crippen MR) is 60.5 cm³/mol. The van der Waals surface area contributed by atoms with Crippen molar-refractivity contribution >= 4 is 10.9 Å². The molecule has 2 aromatic rings. The zero-order valence-corrected chi connectivity index (χ0v) is 8.90. The molecule has 1 aliphatic carbocycles. The second kappa shape index (κ2) is 2.83. The maximum Gasteiger partial charge on any atom is 0.0926 e. The highest BCUT2D eigenvalue weighted by Gasteiger charge is 2.39. The minimum absolute atomic E-state index is 0.0514. The van der Waals surface area contributed by atoms with E-state index in [1.165, 1.54) is 10.9 Å². The van der Waals surface area contributed by atoms with Gasteiger partial charge in [-0.2, -0.15) is 5.10 Å². The molecule has 1 aromatic carbocycles. The highest BCUT2D eigenvalue weighted by molar-refractivity contribution is 5.79. The first-order valence-corrected chi connectivity index (χ1v) is 5.48. The number of rotatable bonds is 2. The lowest BCUT2D eigenvalue weighted by atomic mass is 10.0. The minimum Gasteiger partial charge on any atom is -0.321 e. The van der Waals surface area contributed by atoms with Gasteiger partial charge in [0.1, 0.15) is 0 Å². The van der Waals surface area contributed by atoms with Gasteiger partial charge in [-0.1, -0.05) is 12.1 Å². The summed E-state index contributed by atoms with van der Waals surface area (Å²) in [6.07, 6.45) is 4.29. The highest BCUT2D eigenvalue weighted by atomic mass is 15.3. The van der Waals surface area contributed by atoms with Crippen LogP contribution in [0.2, 0.25) is 0 Å². The van der Waals surface area contributed by atoms with Crippen molar-refractivity contribution in [2.75, 3.05) is 0 Å². The van der Waals surface area contributed by atoms with E-state index in [0.29, 0.717) is 0 Å². The standard InChI is InChI=1S/C12H15N3/c1-2-15-8-9-3-4-10(7-11(9)14-15)12(13)5-6-12/h3-4,7-8H,2,5-6,13H2,1H3. The van der Waals surface area contributed by atoms with Crippen molar-refractivity contribution in [2.24, 2.45) is 5.73 Å². The van der Waals surface area contributed by atoms with Crippen molar-refractivity contribution in [3.05, 3.63) is 30.0 Å². The number of aryl methyl sites for hydroxylation is 1. The Balaban J connectivity index is 2.13. The number of fused-ring (bicyclic) bond motifs is 1. The lowest BCUT2D eigenvalue weighted by molar-refractivity contribution is 0.667. The van der Waals surface area contributed by atoms with Crippen molar-refractivity contribution in [2.45, 2.75) is 31.8 Å². The van der Waals surface area contributed by atoms with Crippen LogP contribution in [-0.4, -0.2) is 9.78 Å². The van der Waals surface area contributed by atoms with Gasteiger partial charge in [-0.3, -0.25) is 4.68 Å². The summed E-state index contributed by atoms with van der Waals surface area (Å²) in [6.45, 7) is 3.01. The summed E-state index contributed by atoms with van der Waals surface area (Å²) in [4.78, 5) is 0. The molecule has 78 valence electrons. The predicted octanol–water partition coefficient (Wildman–Crippen LogP) is 2.00. The van der Waals surface area contributed by atoms with Crippen LogP contribution in [0.15, 0.2) is 24.4 Å². The molecule has 0 amide bonds. The first-order valence-electron chi connectivity index (χ1n) is 5.48. The van der Waals surface area contributed by atoms with Crippen LogP contribution in [0.25, 0.3) is 10.9 Å². The summed E-state index contributed by atoms with van der Waals surface area (Å²) in [5.74, 6) is 0. The molecule has 1 saturated carbocycles. The Morgan fingerprint density at radius 2 is 2.27 bits per heavy atom. The Bertz CT molecular complexity index is 509. The van der Waals surface area contributed by atoms with E-state index < -0.39 is 0 Å². The molecule has 0 atom stereocenters. The highest BCUT2D eigenvalue weighted by Crippen LogP contribution is 2.43. The fraction of sp³-hybridized carbons (Fsp3) is 0.417. The van der Waals surface area contributed by atoms with Gasteiger partial charge in [-0.05, 0) is 31.4 Å². The van der Waals surface area contributed by atoms with Crippen LogP contribution in [0.1, 0.15) is 25.3 Å². The van der Waals surface area contributed by atoms with Crippen LogP contribution in [0.3, 0.4) is 0 Å². The van der Waals surface area contributed by atoms with Gasteiger partial charge in [-0.15, -0.1) is 0 Å². The first-order chi connectivity index (χ1) is 7.21. The smallest absolute Gasteiger partial charge is 0.0926 e. The van der Waals surface area contributed by atoms with E-state index in [0.717, 1.165) is 24.9 Å². The van der Waals surface area contributed by atoms with Gasteiger partial charge >= 0.3 is 0 Å². The van der Waals surface area contributed by atoms with E-state index in [9.17, 15) is 0 Å². The monoisotopic (exact) mass is 201 g/mol. The maximum atomic E-state index is 6.16. The van der Waals surface area contributed by atoms with E-state index >= 15 is 0 Å². The molecule has 2 N–H and O–H groups in total. The first kappa shape index (κ1) is 8.92. The number of nitrogens with two attached hydrogens (primary N) is 1. The quantitative estimate of drug-likeness (QED) is 0.807. The molecule has 3 nitrogen and oxygen atoms in total. The normalized spacial score (nSPS) is 18.3. The van der Waals surface area contributed by atoms with Crippen LogP contribution in [0.5, 0.6) is 0 Å². The molecular formula is C12H15N3. The molecule has 3 rings (SSSR count). The van der Waals surface area contributed by atoms with Gasteiger partial charge in [0, 0.05) is 23.7 Å². The van der Waals surface area contributed by atoms with E-state index in [4.69, 9.17) is 5.73 Å². The van der Waals surface area contributed by atoms with Crippen LogP contribution < -0.4 is 5.73 Å². The van der Waals surface area contributed by atoms with Crippen molar-refractivity contribution < 1.29 is 0 Å². The molecule has 1 fully saturated rings. The second-order valence-electron chi connectivity index (χ2n) is 4.41. The molecule has 0 radical (unpaired) electrons. The largest absolute Gasteiger partial charge is 0.321 e. The van der Waals surface area contributed by atoms with Gasteiger partial charge in [0.25, 0.3) is 0 Å². The van der Waals surface area contributed by atoms with E-state index in [1.807, 2.05) is 4.68 Å². The molecule has 0 spiro atoms. The molecule has 1 aliphatic rings. The summed E-state index contributed by atoms with van der Waals surface area (Å²) in [7, 11) is 0. The number of nitrogens with zero attached hydrogens (tertiary/aromatic N) is 2. The van der Waals surface area contributed by atoms with Crippen LogP contribution in [-0.2, 0) is 12.1 Å². The Morgan fingerprint density at radius 3 is 2.93 bits per heavy atom. The SMILES string of the molecule is CCn1cc2ccc(C3(N)CC3)cc2n1. The Hall–Kier alpha value is -1.35. The van der Waals surface area contributed by atoms with Crippen LogP contribution in [0, 0.1) is 0 Å². The molecule has 0 aliphatic heterocycles. The lowest BCUT2D eigenvalue weighted by Crippen LogP contribution is -2.18. The lowest BCUT2D eigenvalue weighted by Gasteiger charge is -2.07. The fourth-order valence-electron chi connectivity index (χ4n) is 1.96. The average molecular weight is 201 g/mol. The summed E-state index contributed by atoms with van der Waals surface area (Å²) in [5.41, 5.74) is 8.41. The van der Waals surface area contributed by atoms with Gasteiger partial charge < -0.3 is 5.73 Å². The molecule has 1 heterocycles. The molecule has 0 saturated heterocycles. The van der Waals surface area contributed by atoms with Gasteiger partial charge in [0.2, 0.25) is 0 Å². The molecule has 15 heavy (non-hydrogen) atoms. The summed E-state index contributed by atoms with van der Waals surface area (Å²) in [6, 6.07) is 6.39. The van der Waals surface area contributed by atoms with Crippen molar-refractivity contribution in [3.63, 3.8) is 0 Å². The zero-order valence-electron chi connectivity index (χ0n) is 8.90. The number of benzene rings is 1. The van der Waals surface area contributed by atoms with Crippen LogP contribution >= 0.6 is 0 Å². The van der Waals surface area contributed by atoms with Crippen molar-refractivity contribution in [1.82, 2.24) is 9.78 Å². The number of aromatic nitrogens is 2. The van der Waals surface area contributed by atoms with E-state index in [1.54, 1.807) is 0 Å². The molecule has 1 aromatic heterocycles. The molecular weight excluding hydrogens is 186 g/mol. The molecule has 3 heteroatoms. The molecule has 0 unspecified atom stereocenters. The Morgan fingerprint density at radius 1 is 1.47 bits per heavy atom. The van der Waals surface area contributed by atoms with E-state index in [-0.39, 0.29) is 5.54 Å². The minimum atomic E-state index is -0.0514. The maximum absolute atomic E-state index is 6.16. The summed E-state index contributed by atoms with van der Waals surface area (Å²) < 4.78 is 1.96. The third-order valence-corrected chi connectivity index (χ3v) is 3.24. The van der Waals surface area contributed by atoms with Crippen molar-refractivity contribution in [1.29, 1.82) is 0 Å². The van der Waals surface area contributed by atoms with Crippen molar-refractivity contribution in [3.8, 4) is 0 Å².